The van der Waals surface area contributed by atoms with Crippen LogP contribution in [0, 0.1) is 0 Å². The van der Waals surface area contributed by atoms with Gasteiger partial charge in [0, 0.05) is 50.3 Å². The maximum absolute atomic E-state index is 12.7. The molecule has 3 rings (SSSR count). The number of nitrogens with zero attached hydrogens (tertiary/aromatic N) is 4. The molecule has 0 unspecified atom stereocenters. The number of pyridine rings is 1. The zero-order chi connectivity index (χ0) is 16.9. The van der Waals surface area contributed by atoms with Gasteiger partial charge in [-0.15, -0.1) is 0 Å². The molecule has 0 saturated carbocycles. The van der Waals surface area contributed by atoms with Crippen LogP contribution in [0.15, 0.2) is 48.7 Å². The van der Waals surface area contributed by atoms with Crippen LogP contribution < -0.4 is 4.90 Å². The largest absolute Gasteiger partial charge is 0.342 e. The Hall–Kier alpha value is -2.40. The Morgan fingerprint density at radius 3 is 2.46 bits per heavy atom. The number of rotatable bonds is 4. The smallest absolute Gasteiger partial charge is 0.272 e. The molecule has 2 heterocycles. The molecule has 1 saturated heterocycles. The van der Waals surface area contributed by atoms with Gasteiger partial charge in [0.1, 0.15) is 5.69 Å². The summed E-state index contributed by atoms with van der Waals surface area (Å²) in [5.41, 5.74) is 2.63. The van der Waals surface area contributed by atoms with E-state index < -0.39 is 0 Å². The van der Waals surface area contributed by atoms with Crippen LogP contribution >= 0.6 is 0 Å². The predicted octanol–water partition coefficient (Wildman–Crippen LogP) is 2.63. The minimum Gasteiger partial charge on any atom is -0.342 e. The first kappa shape index (κ1) is 16.5. The summed E-state index contributed by atoms with van der Waals surface area (Å²) < 4.78 is 0. The summed E-state index contributed by atoms with van der Waals surface area (Å²) in [4.78, 5) is 23.4. The molecule has 0 bridgehead atoms. The Balaban J connectivity index is 1.82. The highest BCUT2D eigenvalue weighted by Gasteiger charge is 2.22. The van der Waals surface area contributed by atoms with Crippen LogP contribution in [0.3, 0.4) is 0 Å². The summed E-state index contributed by atoms with van der Waals surface area (Å²) in [6.45, 7) is 6.29. The third-order valence-corrected chi connectivity index (χ3v) is 4.45. The van der Waals surface area contributed by atoms with E-state index in [9.17, 15) is 4.79 Å². The van der Waals surface area contributed by atoms with Gasteiger partial charge >= 0.3 is 0 Å². The Bertz CT molecular complexity index is 681. The molecule has 24 heavy (non-hydrogen) atoms. The molecule has 126 valence electrons. The zero-order valence-corrected chi connectivity index (χ0v) is 14.4. The second kappa shape index (κ2) is 7.45. The first-order valence-corrected chi connectivity index (χ1v) is 8.45. The first-order chi connectivity index (χ1) is 11.7. The maximum atomic E-state index is 12.7. The molecule has 1 aliphatic heterocycles. The average molecular weight is 324 g/mol. The van der Waals surface area contributed by atoms with E-state index in [1.54, 1.807) is 6.20 Å². The van der Waals surface area contributed by atoms with Crippen molar-refractivity contribution in [3.05, 3.63) is 54.4 Å². The quantitative estimate of drug-likeness (QED) is 0.867. The molecular formula is C19H24N4O. The van der Waals surface area contributed by atoms with Crippen LogP contribution in [-0.4, -0.2) is 60.5 Å². The van der Waals surface area contributed by atoms with Crippen molar-refractivity contribution in [2.45, 2.75) is 6.92 Å². The summed E-state index contributed by atoms with van der Waals surface area (Å²) in [6, 6.07) is 14.1. The number of hydrogen-bond donors (Lipinski definition) is 0. The van der Waals surface area contributed by atoms with E-state index in [1.165, 1.54) is 0 Å². The summed E-state index contributed by atoms with van der Waals surface area (Å²) in [5.74, 6) is 0.0223. The fourth-order valence-corrected chi connectivity index (χ4v) is 3.00. The van der Waals surface area contributed by atoms with Crippen molar-refractivity contribution in [1.82, 2.24) is 14.8 Å². The lowest BCUT2D eigenvalue weighted by atomic mass is 10.2. The summed E-state index contributed by atoms with van der Waals surface area (Å²) in [5, 5.41) is 0. The fourth-order valence-electron chi connectivity index (χ4n) is 3.00. The molecule has 5 nitrogen and oxygen atoms in total. The van der Waals surface area contributed by atoms with Crippen molar-refractivity contribution >= 4 is 17.3 Å². The van der Waals surface area contributed by atoms with Crippen molar-refractivity contribution in [2.24, 2.45) is 0 Å². The molecule has 1 fully saturated rings. The average Bonchev–Trinajstić information content (AvgIpc) is 2.64. The molecule has 0 N–H and O–H groups in total. The van der Waals surface area contributed by atoms with Crippen LogP contribution in [0.2, 0.25) is 0 Å². The molecule has 1 aromatic heterocycles. The van der Waals surface area contributed by atoms with E-state index in [0.717, 1.165) is 44.1 Å². The summed E-state index contributed by atoms with van der Waals surface area (Å²) >= 11 is 0. The van der Waals surface area contributed by atoms with Crippen LogP contribution in [0.4, 0.5) is 11.4 Å². The number of para-hydroxylation sites is 1. The molecule has 1 aliphatic rings. The van der Waals surface area contributed by atoms with E-state index >= 15 is 0 Å². The maximum Gasteiger partial charge on any atom is 0.272 e. The third kappa shape index (κ3) is 3.57. The summed E-state index contributed by atoms with van der Waals surface area (Å²) in [7, 11) is 2.08. The number of amides is 1. The number of carbonyl (C=O) groups excluding carboxylic acids is 1. The van der Waals surface area contributed by atoms with Crippen molar-refractivity contribution in [3.8, 4) is 0 Å². The highest BCUT2D eigenvalue weighted by molar-refractivity contribution is 5.93. The Kier molecular flexibility index (Phi) is 5.11. The Morgan fingerprint density at radius 2 is 1.79 bits per heavy atom. The van der Waals surface area contributed by atoms with E-state index in [-0.39, 0.29) is 5.91 Å². The van der Waals surface area contributed by atoms with Crippen molar-refractivity contribution in [3.63, 3.8) is 0 Å². The van der Waals surface area contributed by atoms with E-state index in [1.807, 2.05) is 35.2 Å². The minimum absolute atomic E-state index is 0.0223. The number of piperazine rings is 1. The molecule has 0 radical (unpaired) electrons. The van der Waals surface area contributed by atoms with Crippen LogP contribution in [0.1, 0.15) is 17.4 Å². The number of benzene rings is 1. The van der Waals surface area contributed by atoms with Crippen LogP contribution in [0.25, 0.3) is 0 Å². The van der Waals surface area contributed by atoms with Gasteiger partial charge in [0.15, 0.2) is 0 Å². The summed E-state index contributed by atoms with van der Waals surface area (Å²) in [6.07, 6.45) is 1.73. The van der Waals surface area contributed by atoms with Gasteiger partial charge in [0.2, 0.25) is 0 Å². The fraction of sp³-hybridized carbons (Fsp3) is 0.368. The number of aromatic nitrogens is 1. The lowest BCUT2D eigenvalue weighted by molar-refractivity contribution is 0.0658. The topological polar surface area (TPSA) is 39.7 Å². The van der Waals surface area contributed by atoms with Crippen LogP contribution in [0.5, 0.6) is 0 Å². The minimum atomic E-state index is 0.0223. The van der Waals surface area contributed by atoms with Gasteiger partial charge in [-0.3, -0.25) is 9.78 Å². The third-order valence-electron chi connectivity index (χ3n) is 4.45. The molecule has 1 amide bonds. The van der Waals surface area contributed by atoms with Gasteiger partial charge < -0.3 is 14.7 Å². The normalized spacial score (nSPS) is 15.3. The molecule has 2 aromatic rings. The number of hydrogen-bond acceptors (Lipinski definition) is 4. The lowest BCUT2D eigenvalue weighted by Gasteiger charge is -2.32. The number of likely N-dealkylation sites (N-methyl/N-ethyl adjacent to an activating group) is 1. The predicted molar refractivity (Wildman–Crippen MR) is 96.8 cm³/mol. The van der Waals surface area contributed by atoms with Gasteiger partial charge in [-0.25, -0.2) is 0 Å². The van der Waals surface area contributed by atoms with Gasteiger partial charge in [-0.1, -0.05) is 18.2 Å². The Morgan fingerprint density at radius 1 is 1.08 bits per heavy atom. The monoisotopic (exact) mass is 324 g/mol. The molecule has 1 aromatic carbocycles. The van der Waals surface area contributed by atoms with E-state index in [0.29, 0.717) is 5.69 Å². The van der Waals surface area contributed by atoms with Crippen molar-refractivity contribution in [2.75, 3.05) is 44.7 Å². The number of carbonyl (C=O) groups is 1. The lowest BCUT2D eigenvalue weighted by Crippen LogP contribution is -2.47. The van der Waals surface area contributed by atoms with E-state index in [2.05, 4.69) is 40.9 Å². The highest BCUT2D eigenvalue weighted by Crippen LogP contribution is 2.25. The van der Waals surface area contributed by atoms with E-state index in [4.69, 9.17) is 0 Å². The van der Waals surface area contributed by atoms with Gasteiger partial charge in [-0.2, -0.15) is 0 Å². The van der Waals surface area contributed by atoms with Crippen molar-refractivity contribution in [1.29, 1.82) is 0 Å². The zero-order valence-electron chi connectivity index (χ0n) is 14.4. The SMILES string of the molecule is CCN(c1ccccc1)c1ccnc(C(=O)N2CCN(C)CC2)c1. The number of anilines is 2. The van der Waals surface area contributed by atoms with Gasteiger partial charge in [-0.05, 0) is 38.2 Å². The highest BCUT2D eigenvalue weighted by atomic mass is 16.2. The van der Waals surface area contributed by atoms with Crippen LogP contribution in [-0.2, 0) is 0 Å². The van der Waals surface area contributed by atoms with Gasteiger partial charge in [0.25, 0.3) is 5.91 Å². The second-order valence-corrected chi connectivity index (χ2v) is 6.07. The van der Waals surface area contributed by atoms with Crippen molar-refractivity contribution < 1.29 is 4.79 Å². The molecule has 0 atom stereocenters. The molecule has 0 aliphatic carbocycles. The van der Waals surface area contributed by atoms with Gasteiger partial charge in [0.05, 0.1) is 0 Å². The standard InChI is InChI=1S/C19H24N4O/c1-3-23(16-7-5-4-6-8-16)17-9-10-20-18(15-17)19(24)22-13-11-21(2)12-14-22/h4-10,15H,3,11-14H2,1-2H3. The molecule has 0 spiro atoms. The second-order valence-electron chi connectivity index (χ2n) is 6.07. The Labute approximate surface area is 143 Å². The molecular weight excluding hydrogens is 300 g/mol. The molecule has 5 heteroatoms. The first-order valence-electron chi connectivity index (χ1n) is 8.45.